The third-order valence-electron chi connectivity index (χ3n) is 2.46. The average molecular weight is 322 g/mol. The Bertz CT molecular complexity index is 530. The van der Waals surface area contributed by atoms with Crippen LogP contribution in [0.25, 0.3) is 0 Å². The van der Waals surface area contributed by atoms with E-state index in [2.05, 4.69) is 0 Å². The van der Waals surface area contributed by atoms with Gasteiger partial charge in [-0.2, -0.15) is 0 Å². The van der Waals surface area contributed by atoms with Crippen molar-refractivity contribution >= 4 is 23.9 Å². The van der Waals surface area contributed by atoms with Crippen molar-refractivity contribution in [1.82, 2.24) is 0 Å². The van der Waals surface area contributed by atoms with Gasteiger partial charge < -0.3 is 23.7 Å². The molecule has 1 aliphatic rings. The van der Waals surface area contributed by atoms with Crippen LogP contribution >= 0.6 is 0 Å². The van der Waals surface area contributed by atoms with Gasteiger partial charge in [0.05, 0.1) is 0 Å². The van der Waals surface area contributed by atoms with E-state index in [-0.39, 0.29) is 0 Å². The lowest BCUT2D eigenvalue weighted by Crippen LogP contribution is -2.42. The highest BCUT2D eigenvalue weighted by molar-refractivity contribution is 5.68. The topological polar surface area (TPSA) is 114 Å². The minimum absolute atomic E-state index is 0.502. The summed E-state index contributed by atoms with van der Waals surface area (Å²) < 4.78 is 52.6. The third-order valence-corrected chi connectivity index (χ3v) is 2.46. The summed E-state index contributed by atoms with van der Waals surface area (Å²) in [7, 11) is 0. The average Bonchev–Trinajstić information content (AvgIpc) is 2.95. The standard InChI is InChI=1S/C13H18O9/c1-6(14)18-5-10-11(19-7(2)15)12(20-8(3)16)13(22-10)21-9(4)17/h10-13H,5H2,1-4H3/t10-,11-,12-,13?/m1/s1/i1D,2D,3D,4D. The molecule has 0 spiro atoms. The zero-order valence-electron chi connectivity index (χ0n) is 15.5. The van der Waals surface area contributed by atoms with Crippen LogP contribution in [0.15, 0.2) is 0 Å². The molecule has 9 nitrogen and oxygen atoms in total. The summed E-state index contributed by atoms with van der Waals surface area (Å²) >= 11 is 0. The van der Waals surface area contributed by atoms with E-state index < -0.39 is 82.7 Å². The first-order chi connectivity index (χ1) is 12.4. The molecule has 0 aromatic rings. The van der Waals surface area contributed by atoms with Crippen LogP contribution in [0.5, 0.6) is 0 Å². The first-order valence-corrected chi connectivity index (χ1v) is 5.92. The molecule has 124 valence electrons. The van der Waals surface area contributed by atoms with Crippen LogP contribution in [-0.4, -0.2) is 55.1 Å². The van der Waals surface area contributed by atoms with E-state index in [1.807, 2.05) is 0 Å². The van der Waals surface area contributed by atoms with Crippen molar-refractivity contribution in [2.24, 2.45) is 0 Å². The van der Waals surface area contributed by atoms with Crippen LogP contribution in [0.2, 0.25) is 0 Å². The van der Waals surface area contributed by atoms with E-state index >= 15 is 0 Å². The minimum atomic E-state index is -1.56. The van der Waals surface area contributed by atoms with Gasteiger partial charge in [0, 0.05) is 33.1 Å². The Labute approximate surface area is 132 Å². The molecule has 9 heteroatoms. The SMILES string of the molecule is [2H]CC(=O)OC[C@H]1OC(OC(=O)C[2H])[C@H](OC(=O)C[2H])[C@@H]1OC(=O)C[2H]. The molecule has 1 unspecified atom stereocenters. The number of hydrogen-bond donors (Lipinski definition) is 0. The monoisotopic (exact) mass is 322 g/mol. The van der Waals surface area contributed by atoms with Crippen molar-refractivity contribution in [3.63, 3.8) is 0 Å². The van der Waals surface area contributed by atoms with Gasteiger partial charge in [-0.15, -0.1) is 0 Å². The largest absolute Gasteiger partial charge is 0.463 e. The van der Waals surface area contributed by atoms with Gasteiger partial charge in [-0.05, 0) is 0 Å². The number of hydrogen-bond acceptors (Lipinski definition) is 9. The fourth-order valence-corrected chi connectivity index (χ4v) is 1.80. The molecule has 1 rings (SSSR count). The Kier molecular flexibility index (Phi) is 4.36. The lowest BCUT2D eigenvalue weighted by atomic mass is 10.1. The molecular weight excluding hydrogens is 300 g/mol. The van der Waals surface area contributed by atoms with Gasteiger partial charge in [-0.1, -0.05) is 0 Å². The highest BCUT2D eigenvalue weighted by Crippen LogP contribution is 2.28. The molecular formula is C13H18O9. The van der Waals surface area contributed by atoms with E-state index in [1.165, 1.54) is 0 Å². The fourth-order valence-electron chi connectivity index (χ4n) is 1.80. The number of carbonyl (C=O) groups is 4. The first kappa shape index (κ1) is 12.4. The van der Waals surface area contributed by atoms with Gasteiger partial charge in [0.1, 0.15) is 12.7 Å². The van der Waals surface area contributed by atoms with Crippen LogP contribution < -0.4 is 0 Å². The molecule has 1 saturated heterocycles. The maximum atomic E-state index is 11.5. The summed E-state index contributed by atoms with van der Waals surface area (Å²) in [5.41, 5.74) is 0. The van der Waals surface area contributed by atoms with Crippen LogP contribution in [0, 0.1) is 0 Å². The van der Waals surface area contributed by atoms with E-state index in [9.17, 15) is 19.2 Å². The summed E-state index contributed by atoms with van der Waals surface area (Å²) in [5.74, 6) is -3.95. The molecule has 0 bridgehead atoms. The van der Waals surface area contributed by atoms with E-state index in [0.717, 1.165) is 0 Å². The van der Waals surface area contributed by atoms with E-state index in [4.69, 9.17) is 29.2 Å². The molecule has 0 N–H and O–H groups in total. The summed E-state index contributed by atoms with van der Waals surface area (Å²) in [6, 6.07) is 0. The second-order valence-corrected chi connectivity index (χ2v) is 4.12. The van der Waals surface area contributed by atoms with Gasteiger partial charge in [-0.25, -0.2) is 0 Å². The zero-order chi connectivity index (χ0) is 19.7. The minimum Gasteiger partial charge on any atom is -0.463 e. The quantitative estimate of drug-likeness (QED) is 0.497. The smallest absolute Gasteiger partial charge is 0.305 e. The summed E-state index contributed by atoms with van der Waals surface area (Å²) in [6.45, 7) is -3.45. The molecule has 0 aliphatic carbocycles. The molecule has 1 heterocycles. The van der Waals surface area contributed by atoms with E-state index in [1.54, 1.807) is 0 Å². The van der Waals surface area contributed by atoms with Crippen LogP contribution in [0.3, 0.4) is 0 Å². The molecule has 0 saturated carbocycles. The summed E-state index contributed by atoms with van der Waals surface area (Å²) in [6.07, 6.45) is -5.64. The van der Waals surface area contributed by atoms with Crippen molar-refractivity contribution < 1.29 is 48.3 Å². The Morgan fingerprint density at radius 3 is 2.00 bits per heavy atom. The van der Waals surface area contributed by atoms with Crippen LogP contribution in [-0.2, 0) is 42.9 Å². The lowest BCUT2D eigenvalue weighted by Gasteiger charge is -2.22. The van der Waals surface area contributed by atoms with Gasteiger partial charge in [-0.3, -0.25) is 19.2 Å². The molecule has 1 aliphatic heterocycles. The van der Waals surface area contributed by atoms with Crippen molar-refractivity contribution in [2.45, 2.75) is 52.2 Å². The molecule has 0 aromatic carbocycles. The lowest BCUT2D eigenvalue weighted by molar-refractivity contribution is -0.197. The first-order valence-electron chi connectivity index (χ1n) is 8.75. The second-order valence-electron chi connectivity index (χ2n) is 4.12. The van der Waals surface area contributed by atoms with Gasteiger partial charge in [0.15, 0.2) is 6.10 Å². The zero-order valence-corrected chi connectivity index (χ0v) is 11.5. The van der Waals surface area contributed by atoms with Crippen molar-refractivity contribution in [2.75, 3.05) is 6.61 Å². The molecule has 0 aromatic heterocycles. The Morgan fingerprint density at radius 1 is 0.864 bits per heavy atom. The third kappa shape index (κ3) is 5.32. The molecule has 0 amide bonds. The highest BCUT2D eigenvalue weighted by Gasteiger charge is 2.51. The molecule has 4 atom stereocenters. The highest BCUT2D eigenvalue weighted by atomic mass is 16.8. The molecule has 22 heavy (non-hydrogen) atoms. The van der Waals surface area contributed by atoms with Crippen molar-refractivity contribution in [3.8, 4) is 0 Å². The van der Waals surface area contributed by atoms with Crippen LogP contribution in [0.4, 0.5) is 0 Å². The second kappa shape index (κ2) is 7.74. The number of rotatable bonds is 5. The fraction of sp³-hybridized carbons (Fsp3) is 0.692. The Hall–Kier alpha value is -2.16. The van der Waals surface area contributed by atoms with Gasteiger partial charge in [0.25, 0.3) is 0 Å². The van der Waals surface area contributed by atoms with Gasteiger partial charge >= 0.3 is 23.9 Å². The summed E-state index contributed by atoms with van der Waals surface area (Å²) in [4.78, 5) is 45.4. The Balaban J connectivity index is 3.01. The predicted molar refractivity (Wildman–Crippen MR) is 68.2 cm³/mol. The molecule has 0 radical (unpaired) electrons. The van der Waals surface area contributed by atoms with Crippen LogP contribution in [0.1, 0.15) is 33.1 Å². The van der Waals surface area contributed by atoms with Gasteiger partial charge in [0.2, 0.25) is 12.4 Å². The number of carbonyl (C=O) groups excluding carboxylic acids is 4. The van der Waals surface area contributed by atoms with Crippen molar-refractivity contribution in [1.29, 1.82) is 0 Å². The normalized spacial score (nSPS) is 29.3. The number of ether oxygens (including phenoxy) is 5. The predicted octanol–water partition coefficient (Wildman–Crippen LogP) is -0.299. The Morgan fingerprint density at radius 2 is 1.41 bits per heavy atom. The summed E-state index contributed by atoms with van der Waals surface area (Å²) in [5, 5.41) is 0. The molecule has 1 fully saturated rings. The maximum absolute atomic E-state index is 11.5. The van der Waals surface area contributed by atoms with E-state index in [0.29, 0.717) is 0 Å². The number of esters is 4. The maximum Gasteiger partial charge on any atom is 0.305 e. The van der Waals surface area contributed by atoms with Crippen molar-refractivity contribution in [3.05, 3.63) is 0 Å².